The molecular weight excluding hydrogens is 194 g/mol. The SMILES string of the molecule is NC(=O)NC[C@H](NC(=O)C=O)C(=O)O. The van der Waals surface area contributed by atoms with Gasteiger partial charge in [0.15, 0.2) is 0 Å². The molecule has 0 unspecified atom stereocenters. The van der Waals surface area contributed by atoms with Crippen LogP contribution in [0.4, 0.5) is 4.79 Å². The zero-order chi connectivity index (χ0) is 11.1. The third-order valence-corrected chi connectivity index (χ3v) is 1.20. The summed E-state index contributed by atoms with van der Waals surface area (Å²) in [4.78, 5) is 41.0. The summed E-state index contributed by atoms with van der Waals surface area (Å²) in [5.74, 6) is -2.46. The van der Waals surface area contributed by atoms with Crippen molar-refractivity contribution >= 4 is 24.2 Å². The number of carboxylic acids is 1. The second-order valence-electron chi connectivity index (χ2n) is 2.26. The summed E-state index contributed by atoms with van der Waals surface area (Å²) < 4.78 is 0. The van der Waals surface area contributed by atoms with Crippen LogP contribution in [0.1, 0.15) is 0 Å². The third-order valence-electron chi connectivity index (χ3n) is 1.20. The highest BCUT2D eigenvalue weighted by Gasteiger charge is 2.19. The molecule has 0 saturated carbocycles. The number of carbonyl (C=O) groups is 4. The Morgan fingerprint density at radius 1 is 1.43 bits per heavy atom. The standard InChI is InChI=1S/C6H9N3O5/c7-6(14)8-1-3(5(12)13)9-4(11)2-10/h2-3H,1H2,(H,9,11)(H,12,13)(H3,7,8,14)/t3-/m0/s1. The molecule has 0 aliphatic carbocycles. The largest absolute Gasteiger partial charge is 0.480 e. The number of amides is 3. The highest BCUT2D eigenvalue weighted by Crippen LogP contribution is 1.81. The van der Waals surface area contributed by atoms with Gasteiger partial charge in [0.1, 0.15) is 6.04 Å². The Morgan fingerprint density at radius 3 is 2.36 bits per heavy atom. The number of hydrogen-bond donors (Lipinski definition) is 4. The Kier molecular flexibility index (Phi) is 4.68. The summed E-state index contributed by atoms with van der Waals surface area (Å²) in [6, 6.07) is -2.29. The van der Waals surface area contributed by atoms with Crippen LogP contribution in [0.25, 0.3) is 0 Å². The normalized spacial score (nSPS) is 11.1. The van der Waals surface area contributed by atoms with Crippen molar-refractivity contribution in [1.29, 1.82) is 0 Å². The van der Waals surface area contributed by atoms with E-state index in [1.165, 1.54) is 0 Å². The lowest BCUT2D eigenvalue weighted by atomic mass is 10.3. The molecule has 0 heterocycles. The predicted molar refractivity (Wildman–Crippen MR) is 43.2 cm³/mol. The molecule has 0 aromatic carbocycles. The minimum atomic E-state index is -1.38. The summed E-state index contributed by atoms with van der Waals surface area (Å²) in [5.41, 5.74) is 4.68. The maximum atomic E-state index is 10.5. The van der Waals surface area contributed by atoms with Crippen molar-refractivity contribution in [3.63, 3.8) is 0 Å². The van der Waals surface area contributed by atoms with E-state index in [4.69, 9.17) is 5.11 Å². The molecule has 14 heavy (non-hydrogen) atoms. The van der Waals surface area contributed by atoms with E-state index in [0.29, 0.717) is 0 Å². The van der Waals surface area contributed by atoms with Gasteiger partial charge in [-0.15, -0.1) is 0 Å². The van der Waals surface area contributed by atoms with Gasteiger partial charge in [0.05, 0.1) is 6.54 Å². The fourth-order valence-corrected chi connectivity index (χ4v) is 0.608. The molecule has 0 fully saturated rings. The molecule has 8 heteroatoms. The van der Waals surface area contributed by atoms with Crippen LogP contribution in [0.3, 0.4) is 0 Å². The van der Waals surface area contributed by atoms with E-state index in [1.807, 2.05) is 10.6 Å². The molecule has 1 atom stereocenters. The van der Waals surface area contributed by atoms with Crippen LogP contribution in [0.15, 0.2) is 0 Å². The van der Waals surface area contributed by atoms with Gasteiger partial charge in [-0.3, -0.25) is 9.59 Å². The number of hydrogen-bond acceptors (Lipinski definition) is 4. The van der Waals surface area contributed by atoms with Crippen molar-refractivity contribution in [1.82, 2.24) is 10.6 Å². The number of carboxylic acid groups (broad SMARTS) is 1. The smallest absolute Gasteiger partial charge is 0.328 e. The minimum absolute atomic E-state index is 0.0692. The van der Waals surface area contributed by atoms with Gasteiger partial charge in [-0.05, 0) is 0 Å². The Bertz CT molecular complexity index is 264. The van der Waals surface area contributed by atoms with E-state index in [2.05, 4.69) is 5.73 Å². The zero-order valence-electron chi connectivity index (χ0n) is 7.02. The monoisotopic (exact) mass is 203 g/mol. The van der Waals surface area contributed by atoms with Crippen LogP contribution < -0.4 is 16.4 Å². The maximum Gasteiger partial charge on any atom is 0.328 e. The highest BCUT2D eigenvalue weighted by atomic mass is 16.4. The van der Waals surface area contributed by atoms with E-state index in [9.17, 15) is 19.2 Å². The lowest BCUT2D eigenvalue weighted by molar-refractivity contribution is -0.142. The van der Waals surface area contributed by atoms with E-state index < -0.39 is 23.9 Å². The first kappa shape index (κ1) is 11.9. The fraction of sp³-hybridized carbons (Fsp3) is 0.333. The van der Waals surface area contributed by atoms with Gasteiger partial charge >= 0.3 is 12.0 Å². The number of aliphatic carboxylic acids is 1. The van der Waals surface area contributed by atoms with Crippen LogP contribution in [0, 0.1) is 0 Å². The first-order valence-electron chi connectivity index (χ1n) is 3.49. The molecule has 3 amide bonds. The van der Waals surface area contributed by atoms with Crippen LogP contribution >= 0.6 is 0 Å². The van der Waals surface area contributed by atoms with E-state index in [1.54, 1.807) is 0 Å². The van der Waals surface area contributed by atoms with E-state index in [-0.39, 0.29) is 12.8 Å². The molecular formula is C6H9N3O5. The van der Waals surface area contributed by atoms with Crippen molar-refractivity contribution in [2.24, 2.45) is 5.73 Å². The van der Waals surface area contributed by atoms with Crippen LogP contribution in [-0.2, 0) is 14.4 Å². The molecule has 0 aliphatic heterocycles. The van der Waals surface area contributed by atoms with Crippen molar-refractivity contribution in [2.45, 2.75) is 6.04 Å². The summed E-state index contributed by atoms with van der Waals surface area (Å²) >= 11 is 0. The number of primary amides is 1. The molecule has 0 bridgehead atoms. The average Bonchev–Trinajstić information content (AvgIpc) is 2.10. The Morgan fingerprint density at radius 2 is 2.00 bits per heavy atom. The topological polar surface area (TPSA) is 139 Å². The van der Waals surface area contributed by atoms with Crippen molar-refractivity contribution in [3.8, 4) is 0 Å². The number of nitrogens with two attached hydrogens (primary N) is 1. The van der Waals surface area contributed by atoms with Crippen molar-refractivity contribution in [3.05, 3.63) is 0 Å². The summed E-state index contributed by atoms with van der Waals surface area (Å²) in [7, 11) is 0. The first-order valence-corrected chi connectivity index (χ1v) is 3.49. The lowest BCUT2D eigenvalue weighted by Crippen LogP contribution is -2.49. The molecule has 0 aliphatic rings. The van der Waals surface area contributed by atoms with Gasteiger partial charge in [-0.2, -0.15) is 0 Å². The van der Waals surface area contributed by atoms with Gasteiger partial charge < -0.3 is 21.5 Å². The van der Waals surface area contributed by atoms with Crippen LogP contribution in [0.5, 0.6) is 0 Å². The molecule has 8 nitrogen and oxygen atoms in total. The number of urea groups is 1. The number of nitrogens with one attached hydrogen (secondary N) is 2. The Hall–Kier alpha value is -2.12. The third kappa shape index (κ3) is 4.70. The summed E-state index contributed by atoms with van der Waals surface area (Å²) in [6.07, 6.45) is -0.0692. The number of carbonyl (C=O) groups excluding carboxylic acids is 3. The average molecular weight is 203 g/mol. The van der Waals surface area contributed by atoms with Crippen LogP contribution in [0.2, 0.25) is 0 Å². The minimum Gasteiger partial charge on any atom is -0.480 e. The molecule has 0 radical (unpaired) electrons. The fourth-order valence-electron chi connectivity index (χ4n) is 0.608. The van der Waals surface area contributed by atoms with E-state index >= 15 is 0 Å². The maximum absolute atomic E-state index is 10.5. The lowest BCUT2D eigenvalue weighted by Gasteiger charge is -2.12. The second kappa shape index (κ2) is 5.51. The molecule has 0 spiro atoms. The Balaban J connectivity index is 4.15. The van der Waals surface area contributed by atoms with Gasteiger partial charge in [0.25, 0.3) is 5.91 Å². The quantitative estimate of drug-likeness (QED) is 0.287. The molecule has 0 aromatic rings. The summed E-state index contributed by atoms with van der Waals surface area (Å²) in [6.45, 7) is -0.385. The molecule has 0 saturated heterocycles. The van der Waals surface area contributed by atoms with Gasteiger partial charge in [0, 0.05) is 0 Å². The predicted octanol–water partition coefficient (Wildman–Crippen LogP) is -2.58. The van der Waals surface area contributed by atoms with Crippen molar-refractivity contribution in [2.75, 3.05) is 6.54 Å². The molecule has 0 aromatic heterocycles. The number of aldehydes is 1. The van der Waals surface area contributed by atoms with E-state index in [0.717, 1.165) is 0 Å². The van der Waals surface area contributed by atoms with Gasteiger partial charge in [0.2, 0.25) is 6.29 Å². The number of rotatable bonds is 5. The molecule has 0 rings (SSSR count). The highest BCUT2D eigenvalue weighted by molar-refractivity contribution is 6.24. The van der Waals surface area contributed by atoms with Crippen LogP contribution in [-0.4, -0.2) is 41.9 Å². The Labute approximate surface area is 78.4 Å². The first-order chi connectivity index (χ1) is 6.47. The summed E-state index contributed by atoms with van der Waals surface area (Å²) in [5, 5.41) is 12.3. The molecule has 5 N–H and O–H groups in total. The van der Waals surface area contributed by atoms with Gasteiger partial charge in [-0.25, -0.2) is 9.59 Å². The van der Waals surface area contributed by atoms with Gasteiger partial charge in [-0.1, -0.05) is 0 Å². The second-order valence-corrected chi connectivity index (χ2v) is 2.26. The molecule has 78 valence electrons. The zero-order valence-corrected chi connectivity index (χ0v) is 7.02. The van der Waals surface area contributed by atoms with Crippen molar-refractivity contribution < 1.29 is 24.3 Å².